The fraction of sp³-hybridized carbons (Fsp3) is 1.00. The summed E-state index contributed by atoms with van der Waals surface area (Å²) in [4.78, 5) is 0. The van der Waals surface area contributed by atoms with Crippen LogP contribution in [0.5, 0.6) is 0 Å². The quantitative estimate of drug-likeness (QED) is 0.238. The van der Waals surface area contributed by atoms with E-state index in [9.17, 15) is 0 Å². The van der Waals surface area contributed by atoms with E-state index in [2.05, 4.69) is 58.8 Å². The van der Waals surface area contributed by atoms with Crippen LogP contribution in [0.25, 0.3) is 0 Å². The lowest BCUT2D eigenvalue weighted by atomic mass is 10.1. The summed E-state index contributed by atoms with van der Waals surface area (Å²) in [6.45, 7) is 22.9. The number of nitrogens with one attached hydrogen (secondary N) is 1. The van der Waals surface area contributed by atoms with Gasteiger partial charge in [-0.2, -0.15) is 9.03 Å². The van der Waals surface area contributed by atoms with E-state index in [0.29, 0.717) is 6.17 Å². The molecule has 0 saturated carbocycles. The van der Waals surface area contributed by atoms with Gasteiger partial charge >= 0.3 is 0 Å². The Morgan fingerprint density at radius 2 is 0.756 bits per heavy atom. The summed E-state index contributed by atoms with van der Waals surface area (Å²) in [6.07, 6.45) is 18.8. The lowest BCUT2D eigenvalue weighted by Crippen LogP contribution is -2.48. The van der Waals surface area contributed by atoms with Crippen molar-refractivity contribution < 1.29 is 0 Å². The molecule has 1 atom stereocenters. The molecule has 7 heterocycles. The van der Waals surface area contributed by atoms with Crippen LogP contribution in [0.4, 0.5) is 0 Å². The Hall–Kier alpha value is 0.570. The lowest BCUT2D eigenvalue weighted by Gasteiger charge is -2.49. The number of hydrogen-bond donors (Lipinski definition) is 1. The number of rotatable bonds is 10. The Kier molecular flexibility index (Phi) is 11.2. The van der Waals surface area contributed by atoms with Gasteiger partial charge in [0, 0.05) is 90.6 Å². The second-order valence-electron chi connectivity index (χ2n) is 15.7. The molecular weight excluding hydrogens is 617 g/mol. The second kappa shape index (κ2) is 14.8. The minimum atomic E-state index is -2.05. The highest BCUT2D eigenvalue weighted by atomic mass is 31.2. The number of hydrogen-bond acceptors (Lipinski definition) is 4. The summed E-state index contributed by atoms with van der Waals surface area (Å²) >= 11 is 0. The molecule has 45 heavy (non-hydrogen) atoms. The van der Waals surface area contributed by atoms with E-state index in [1.54, 1.807) is 0 Å². The molecular formula is C32H65N10P3. The molecule has 13 heteroatoms. The van der Waals surface area contributed by atoms with Crippen LogP contribution in [-0.2, 0) is 0 Å². The Labute approximate surface area is 277 Å². The Bertz CT molecular complexity index is 914. The van der Waals surface area contributed by atoms with E-state index in [1.165, 1.54) is 168 Å². The highest BCUT2D eigenvalue weighted by molar-refractivity contribution is 7.72. The molecule has 0 amide bonds. The Morgan fingerprint density at radius 3 is 1.02 bits per heavy atom. The Balaban J connectivity index is 1.45. The molecule has 0 radical (unpaired) electrons. The zero-order valence-electron chi connectivity index (χ0n) is 29.0. The largest absolute Gasteiger partial charge is 0.297 e. The molecule has 7 aliphatic heterocycles. The van der Waals surface area contributed by atoms with Gasteiger partial charge in [0.15, 0.2) is 15.0 Å². The van der Waals surface area contributed by atoms with Crippen molar-refractivity contribution in [2.24, 2.45) is 9.03 Å². The normalized spacial score (nSPS) is 29.8. The molecule has 0 aromatic rings. The fourth-order valence-corrected chi connectivity index (χ4v) is 22.7. The van der Waals surface area contributed by atoms with Gasteiger partial charge < -0.3 is 0 Å². The molecule has 0 aromatic heterocycles. The van der Waals surface area contributed by atoms with Crippen LogP contribution < -0.4 is 5.32 Å². The molecule has 1 N–H and O–H groups in total. The van der Waals surface area contributed by atoms with E-state index < -0.39 is 23.4 Å². The first kappa shape index (κ1) is 34.0. The van der Waals surface area contributed by atoms with Crippen molar-refractivity contribution in [3.05, 3.63) is 0 Å². The van der Waals surface area contributed by atoms with Crippen molar-refractivity contribution in [3.8, 4) is 0 Å². The van der Waals surface area contributed by atoms with Crippen molar-refractivity contribution in [2.75, 3.05) is 85.1 Å². The topological polar surface area (TPSA) is 59.4 Å². The van der Waals surface area contributed by atoms with Crippen LogP contribution in [-0.4, -0.2) is 129 Å². The first-order chi connectivity index (χ1) is 21.9. The molecule has 0 bridgehead atoms. The summed E-state index contributed by atoms with van der Waals surface area (Å²) in [7, 11) is -5.16. The van der Waals surface area contributed by atoms with Gasteiger partial charge in [-0.15, -0.1) is 0 Å². The van der Waals surface area contributed by atoms with Crippen LogP contribution in [0.15, 0.2) is 9.03 Å². The molecule has 7 aliphatic rings. The summed E-state index contributed by atoms with van der Waals surface area (Å²) in [5.74, 6) is 0. The van der Waals surface area contributed by atoms with E-state index in [4.69, 9.17) is 9.03 Å². The molecule has 1 unspecified atom stereocenters. The van der Waals surface area contributed by atoms with Crippen LogP contribution in [0.1, 0.15) is 111 Å². The smallest absolute Gasteiger partial charge is 0.224 e. The summed E-state index contributed by atoms with van der Waals surface area (Å²) < 4.78 is 33.6. The summed E-state index contributed by atoms with van der Waals surface area (Å²) in [5.41, 5.74) is 0.0738. The second-order valence-corrected chi connectivity index (χ2v) is 23.7. The van der Waals surface area contributed by atoms with E-state index in [0.717, 1.165) is 6.54 Å². The van der Waals surface area contributed by atoms with Gasteiger partial charge in [-0.05, 0) is 111 Å². The van der Waals surface area contributed by atoms with Crippen molar-refractivity contribution in [2.45, 2.75) is 122 Å². The third-order valence-corrected chi connectivity index (χ3v) is 22.3. The van der Waals surface area contributed by atoms with Crippen molar-refractivity contribution in [1.82, 2.24) is 38.0 Å². The molecule has 0 spiro atoms. The van der Waals surface area contributed by atoms with E-state index in [1.807, 2.05) is 0 Å². The summed E-state index contributed by atoms with van der Waals surface area (Å²) in [6, 6.07) is 0. The minimum absolute atomic E-state index is 0.0738. The lowest BCUT2D eigenvalue weighted by molar-refractivity contribution is 0.273. The highest BCUT2D eigenvalue weighted by Crippen LogP contribution is 2.74. The predicted molar refractivity (Wildman–Crippen MR) is 193 cm³/mol. The van der Waals surface area contributed by atoms with E-state index >= 15 is 0 Å². The molecule has 0 aliphatic carbocycles. The molecule has 10 nitrogen and oxygen atoms in total. The van der Waals surface area contributed by atoms with Gasteiger partial charge in [-0.1, -0.05) is 0 Å². The van der Waals surface area contributed by atoms with Gasteiger partial charge in [0.1, 0.15) is 0 Å². The van der Waals surface area contributed by atoms with Crippen LogP contribution in [0, 0.1) is 0 Å². The summed E-state index contributed by atoms with van der Waals surface area (Å²) in [5, 5.41) is 4.10. The van der Waals surface area contributed by atoms with Crippen molar-refractivity contribution in [3.63, 3.8) is 0 Å². The standard InChI is InChI=1S/C32H65N10P3/c1-32(2,3)33-31-17-16-30-42(31)43(34-44(36-18-4-5-19-36,37-20-6-7-21-37)38-22-8-9-23-38)35-45(39-24-10-11-25-39,40-26-12-13-27-40)41-28-14-15-29-41/h31,33H,4-30H2,1-3H3. The predicted octanol–water partition coefficient (Wildman–Crippen LogP) is 7.49. The first-order valence-electron chi connectivity index (χ1n) is 19.0. The molecule has 7 saturated heterocycles. The molecule has 7 rings (SSSR count). The molecule has 258 valence electrons. The third kappa shape index (κ3) is 6.98. The maximum atomic E-state index is 6.54. The SMILES string of the molecule is CC(C)(C)NC1CCCN1P(N=P(N1CCCC1)(N1CCCC1)N1CCCC1)N=P(N1CCCC1)(N1CCCC1)N1CCCC1. The maximum Gasteiger partial charge on any atom is 0.224 e. The van der Waals surface area contributed by atoms with Crippen molar-refractivity contribution in [1.29, 1.82) is 0 Å². The fourth-order valence-electron chi connectivity index (χ4n) is 9.17. The van der Waals surface area contributed by atoms with Crippen LogP contribution >= 0.6 is 23.4 Å². The maximum absolute atomic E-state index is 6.54. The molecule has 0 aromatic carbocycles. The first-order valence-corrected chi connectivity index (χ1v) is 23.4. The minimum Gasteiger partial charge on any atom is -0.297 e. The van der Waals surface area contributed by atoms with Gasteiger partial charge in [0.2, 0.25) is 8.37 Å². The van der Waals surface area contributed by atoms with Gasteiger partial charge in [0.25, 0.3) is 0 Å². The zero-order chi connectivity index (χ0) is 30.9. The molecule has 7 fully saturated rings. The van der Waals surface area contributed by atoms with Gasteiger partial charge in [-0.25, -0.2) is 32.7 Å². The highest BCUT2D eigenvalue weighted by Gasteiger charge is 2.49. The monoisotopic (exact) mass is 682 g/mol. The zero-order valence-corrected chi connectivity index (χ0v) is 31.7. The van der Waals surface area contributed by atoms with Crippen LogP contribution in [0.2, 0.25) is 0 Å². The third-order valence-electron chi connectivity index (χ3n) is 11.2. The van der Waals surface area contributed by atoms with Crippen LogP contribution in [0.3, 0.4) is 0 Å². The van der Waals surface area contributed by atoms with Gasteiger partial charge in [-0.3, -0.25) is 5.32 Å². The average Bonchev–Trinajstić information content (AvgIpc) is 3.90. The Morgan fingerprint density at radius 1 is 0.467 bits per heavy atom. The number of nitrogens with zero attached hydrogens (tertiary/aromatic N) is 9. The van der Waals surface area contributed by atoms with E-state index in [-0.39, 0.29) is 5.54 Å². The average molecular weight is 683 g/mol. The van der Waals surface area contributed by atoms with Crippen molar-refractivity contribution >= 4 is 23.4 Å². The van der Waals surface area contributed by atoms with Gasteiger partial charge in [0.05, 0.1) is 6.17 Å².